The predicted octanol–water partition coefficient (Wildman–Crippen LogP) is 2.08. The Morgan fingerprint density at radius 3 is 2.59 bits per heavy atom. The fourth-order valence-corrected chi connectivity index (χ4v) is 2.12. The summed E-state index contributed by atoms with van der Waals surface area (Å²) in [5, 5.41) is 38.0. The Morgan fingerprint density at radius 1 is 1.22 bits per heavy atom. The maximum atomic E-state index is 11.8. The van der Waals surface area contributed by atoms with Crippen LogP contribution >= 0.6 is 0 Å². The van der Waals surface area contributed by atoms with E-state index in [1.54, 1.807) is 6.07 Å². The van der Waals surface area contributed by atoms with Gasteiger partial charge in [0.1, 0.15) is 0 Å². The van der Waals surface area contributed by atoms with Crippen LogP contribution in [0.5, 0.6) is 5.75 Å². The summed E-state index contributed by atoms with van der Waals surface area (Å²) in [6.07, 6.45) is 0.889. The number of amides is 1. The summed E-state index contributed by atoms with van der Waals surface area (Å²) in [4.78, 5) is 31.7. The van der Waals surface area contributed by atoms with Crippen molar-refractivity contribution >= 4 is 29.2 Å². The number of nitro groups is 2. The van der Waals surface area contributed by atoms with Crippen molar-refractivity contribution in [2.75, 3.05) is 11.9 Å². The molecule has 0 fully saturated rings. The van der Waals surface area contributed by atoms with Crippen LogP contribution in [0, 0.1) is 27.2 Å². The molecule has 0 atom stereocenters. The molecule has 11 heteroatoms. The van der Waals surface area contributed by atoms with E-state index in [4.69, 9.17) is 0 Å². The van der Waals surface area contributed by atoms with Crippen molar-refractivity contribution in [3.8, 4) is 5.75 Å². The Bertz CT molecular complexity index is 928. The summed E-state index contributed by atoms with van der Waals surface area (Å²) in [5.74, 6) is -1.31. The van der Waals surface area contributed by atoms with Crippen LogP contribution in [-0.2, 0) is 4.79 Å². The lowest BCUT2D eigenvalue weighted by Crippen LogP contribution is -2.25. The molecule has 11 nitrogen and oxygen atoms in total. The normalized spacial score (nSPS) is 10.6. The molecule has 0 aliphatic carbocycles. The zero-order chi connectivity index (χ0) is 20.0. The van der Waals surface area contributed by atoms with Gasteiger partial charge in [-0.05, 0) is 24.6 Å². The van der Waals surface area contributed by atoms with E-state index in [9.17, 15) is 30.1 Å². The van der Waals surface area contributed by atoms with Crippen LogP contribution in [0.2, 0.25) is 0 Å². The van der Waals surface area contributed by atoms with Crippen molar-refractivity contribution in [3.05, 3.63) is 67.8 Å². The van der Waals surface area contributed by atoms with Crippen molar-refractivity contribution in [2.45, 2.75) is 6.92 Å². The number of nitro benzene ring substituents is 2. The van der Waals surface area contributed by atoms with Gasteiger partial charge in [0.15, 0.2) is 0 Å². The van der Waals surface area contributed by atoms with Gasteiger partial charge < -0.3 is 10.4 Å². The largest absolute Gasteiger partial charge is 0.502 e. The molecule has 0 aliphatic rings. The molecular formula is C16H15N5O6. The maximum Gasteiger partial charge on any atom is 0.318 e. The molecule has 0 bridgehead atoms. The fraction of sp³-hybridized carbons (Fsp3) is 0.125. The van der Waals surface area contributed by atoms with E-state index in [0.29, 0.717) is 6.07 Å². The highest BCUT2D eigenvalue weighted by molar-refractivity contribution is 5.88. The lowest BCUT2D eigenvalue weighted by Gasteiger charge is -2.06. The standard InChI is InChI=1S/C16H15N5O6/c1-10-3-2-4-12(5-10)17-9-15(22)19-18-8-11-6-13(20(24)25)7-14(16(11)23)21(26)27/h2-8,17,23H,9H2,1H3,(H,19,22). The predicted molar refractivity (Wildman–Crippen MR) is 96.8 cm³/mol. The lowest BCUT2D eigenvalue weighted by molar-refractivity contribution is -0.394. The van der Waals surface area contributed by atoms with E-state index < -0.39 is 32.9 Å². The maximum absolute atomic E-state index is 11.8. The zero-order valence-electron chi connectivity index (χ0n) is 14.1. The topological polar surface area (TPSA) is 160 Å². The fourth-order valence-electron chi connectivity index (χ4n) is 2.12. The molecule has 2 rings (SSSR count). The third kappa shape index (κ3) is 5.22. The minimum Gasteiger partial charge on any atom is -0.502 e. The molecule has 0 aromatic heterocycles. The average molecular weight is 373 g/mol. The Labute approximate surface area is 152 Å². The number of rotatable bonds is 7. The first-order valence-electron chi connectivity index (χ1n) is 7.56. The van der Waals surface area contributed by atoms with Gasteiger partial charge in [-0.3, -0.25) is 25.0 Å². The minimum absolute atomic E-state index is 0.0954. The highest BCUT2D eigenvalue weighted by Crippen LogP contribution is 2.33. The molecule has 0 saturated heterocycles. The van der Waals surface area contributed by atoms with Gasteiger partial charge in [0, 0.05) is 11.8 Å². The summed E-state index contributed by atoms with van der Waals surface area (Å²) < 4.78 is 0. The highest BCUT2D eigenvalue weighted by Gasteiger charge is 2.23. The number of non-ortho nitro benzene ring substituents is 1. The van der Waals surface area contributed by atoms with Crippen molar-refractivity contribution < 1.29 is 19.7 Å². The van der Waals surface area contributed by atoms with Gasteiger partial charge in [-0.15, -0.1) is 0 Å². The summed E-state index contributed by atoms with van der Waals surface area (Å²) >= 11 is 0. The first-order chi connectivity index (χ1) is 12.8. The van der Waals surface area contributed by atoms with Crippen molar-refractivity contribution in [3.63, 3.8) is 0 Å². The van der Waals surface area contributed by atoms with Crippen LogP contribution < -0.4 is 10.7 Å². The Morgan fingerprint density at radius 2 is 1.96 bits per heavy atom. The first kappa shape index (κ1) is 19.3. The summed E-state index contributed by atoms with van der Waals surface area (Å²) in [6, 6.07) is 8.90. The van der Waals surface area contributed by atoms with E-state index >= 15 is 0 Å². The number of nitrogens with zero attached hydrogens (tertiary/aromatic N) is 3. The van der Waals surface area contributed by atoms with Crippen LogP contribution in [0.1, 0.15) is 11.1 Å². The second-order valence-corrected chi connectivity index (χ2v) is 5.43. The molecule has 1 amide bonds. The Kier molecular flexibility index (Phi) is 5.99. The number of hydrogen-bond donors (Lipinski definition) is 3. The van der Waals surface area contributed by atoms with Crippen LogP contribution in [0.25, 0.3) is 0 Å². The zero-order valence-corrected chi connectivity index (χ0v) is 14.1. The van der Waals surface area contributed by atoms with Gasteiger partial charge >= 0.3 is 5.69 Å². The average Bonchev–Trinajstić information content (AvgIpc) is 2.61. The number of aromatic hydroxyl groups is 1. The SMILES string of the molecule is Cc1cccc(NCC(=O)NN=Cc2cc([N+](=O)[O-])cc([N+](=O)[O-])c2O)c1. The molecule has 0 spiro atoms. The van der Waals surface area contributed by atoms with Crippen LogP contribution in [0.15, 0.2) is 41.5 Å². The van der Waals surface area contributed by atoms with Crippen LogP contribution in [0.4, 0.5) is 17.1 Å². The third-order valence-electron chi connectivity index (χ3n) is 3.38. The number of nitrogens with one attached hydrogen (secondary N) is 2. The van der Waals surface area contributed by atoms with E-state index in [0.717, 1.165) is 23.5 Å². The lowest BCUT2D eigenvalue weighted by atomic mass is 10.1. The number of hydrazone groups is 1. The highest BCUT2D eigenvalue weighted by atomic mass is 16.6. The molecule has 0 saturated carbocycles. The molecule has 140 valence electrons. The second kappa shape index (κ2) is 8.38. The number of phenols is 1. The molecule has 3 N–H and O–H groups in total. The van der Waals surface area contributed by atoms with Crippen molar-refractivity contribution in [1.29, 1.82) is 0 Å². The molecule has 0 unspecified atom stereocenters. The first-order valence-corrected chi connectivity index (χ1v) is 7.56. The molecular weight excluding hydrogens is 358 g/mol. The van der Waals surface area contributed by atoms with E-state index in [1.165, 1.54) is 0 Å². The van der Waals surface area contributed by atoms with Crippen molar-refractivity contribution in [2.24, 2.45) is 5.10 Å². The third-order valence-corrected chi connectivity index (χ3v) is 3.38. The number of aryl methyl sites for hydroxylation is 1. The smallest absolute Gasteiger partial charge is 0.318 e. The van der Waals surface area contributed by atoms with Crippen LogP contribution in [-0.4, -0.2) is 33.6 Å². The number of carbonyl (C=O) groups is 1. The van der Waals surface area contributed by atoms with Gasteiger partial charge in [-0.2, -0.15) is 5.10 Å². The monoisotopic (exact) mass is 373 g/mol. The van der Waals surface area contributed by atoms with Gasteiger partial charge in [0.25, 0.3) is 11.6 Å². The summed E-state index contributed by atoms with van der Waals surface area (Å²) in [6.45, 7) is 1.81. The molecule has 2 aromatic rings. The summed E-state index contributed by atoms with van der Waals surface area (Å²) in [7, 11) is 0. The minimum atomic E-state index is -0.954. The Balaban J connectivity index is 2.05. The van der Waals surface area contributed by atoms with Crippen LogP contribution in [0.3, 0.4) is 0 Å². The number of anilines is 1. The number of phenolic OH excluding ortho intramolecular Hbond substituents is 1. The Hall–Kier alpha value is -4.02. The molecule has 0 heterocycles. The number of benzene rings is 2. The quantitative estimate of drug-likeness (QED) is 0.380. The van der Waals surface area contributed by atoms with Gasteiger partial charge in [0.05, 0.1) is 34.2 Å². The second-order valence-electron chi connectivity index (χ2n) is 5.43. The van der Waals surface area contributed by atoms with E-state index in [1.807, 2.05) is 25.1 Å². The van der Waals surface area contributed by atoms with E-state index in [-0.39, 0.29) is 12.1 Å². The number of carbonyl (C=O) groups excluding carboxylic acids is 1. The van der Waals surface area contributed by atoms with Gasteiger partial charge in [-0.25, -0.2) is 5.43 Å². The molecule has 0 radical (unpaired) electrons. The van der Waals surface area contributed by atoms with Gasteiger partial charge in [-0.1, -0.05) is 12.1 Å². The molecule has 0 aliphatic heterocycles. The van der Waals surface area contributed by atoms with Gasteiger partial charge in [0.2, 0.25) is 5.75 Å². The van der Waals surface area contributed by atoms with Crippen molar-refractivity contribution in [1.82, 2.24) is 5.43 Å². The summed E-state index contributed by atoms with van der Waals surface area (Å²) in [5.41, 5.74) is 2.21. The molecule has 27 heavy (non-hydrogen) atoms. The molecule has 2 aromatic carbocycles. The number of hydrogen-bond acceptors (Lipinski definition) is 8. The van der Waals surface area contributed by atoms with E-state index in [2.05, 4.69) is 15.8 Å².